The van der Waals surface area contributed by atoms with E-state index in [4.69, 9.17) is 11.6 Å². The van der Waals surface area contributed by atoms with Crippen molar-refractivity contribution in [1.82, 2.24) is 25.5 Å². The maximum atomic E-state index is 13.4. The summed E-state index contributed by atoms with van der Waals surface area (Å²) in [5.74, 6) is 0.828. The van der Waals surface area contributed by atoms with Gasteiger partial charge in [0, 0.05) is 48.3 Å². The molecule has 10 heteroatoms. The highest BCUT2D eigenvalue weighted by atomic mass is 35.5. The molecule has 1 aliphatic heterocycles. The van der Waals surface area contributed by atoms with Gasteiger partial charge in [0.25, 0.3) is 5.56 Å². The minimum absolute atomic E-state index is 0.0125. The fourth-order valence-electron chi connectivity index (χ4n) is 6.55. The van der Waals surface area contributed by atoms with Gasteiger partial charge in [-0.25, -0.2) is 0 Å². The minimum Gasteiger partial charge on any atom is -0.383 e. The molecule has 1 atom stereocenters. The first-order chi connectivity index (χ1) is 21.5. The van der Waals surface area contributed by atoms with Gasteiger partial charge in [-0.3, -0.25) is 14.8 Å². The monoisotopic (exact) mass is 624 g/mol. The molecular weight excluding hydrogens is 584 g/mol. The van der Waals surface area contributed by atoms with Gasteiger partial charge >= 0.3 is 0 Å². The van der Waals surface area contributed by atoms with Crippen molar-refractivity contribution in [2.75, 3.05) is 17.2 Å². The van der Waals surface area contributed by atoms with Gasteiger partial charge in [-0.1, -0.05) is 51.1 Å². The summed E-state index contributed by atoms with van der Waals surface area (Å²) in [7, 11) is 0. The van der Waals surface area contributed by atoms with Gasteiger partial charge in [-0.15, -0.1) is 5.53 Å². The van der Waals surface area contributed by atoms with E-state index in [1.807, 2.05) is 50.4 Å². The second-order valence-corrected chi connectivity index (χ2v) is 14.1. The van der Waals surface area contributed by atoms with Gasteiger partial charge in [0.05, 0.1) is 39.1 Å². The molecule has 0 spiro atoms. The molecule has 3 aliphatic carbocycles. The van der Waals surface area contributed by atoms with E-state index in [1.165, 1.54) is 19.3 Å². The Kier molecular flexibility index (Phi) is 7.92. The highest BCUT2D eigenvalue weighted by molar-refractivity contribution is 6.35. The molecule has 0 unspecified atom stereocenters. The predicted molar refractivity (Wildman–Crippen MR) is 183 cm³/mol. The van der Waals surface area contributed by atoms with Crippen LogP contribution in [0.1, 0.15) is 70.6 Å². The van der Waals surface area contributed by atoms with Gasteiger partial charge < -0.3 is 20.6 Å². The molecule has 3 fully saturated rings. The third-order valence-electron chi connectivity index (χ3n) is 9.14. The third kappa shape index (κ3) is 5.58. The number of benzene rings is 1. The topological polar surface area (TPSA) is 110 Å². The van der Waals surface area contributed by atoms with E-state index in [9.17, 15) is 10.1 Å². The summed E-state index contributed by atoms with van der Waals surface area (Å²) in [4.78, 5) is 17.9. The number of hydrogen-bond acceptors (Lipinski definition) is 8. The summed E-state index contributed by atoms with van der Waals surface area (Å²) in [6.07, 6.45) is 12.8. The molecule has 9 nitrogen and oxygen atoms in total. The highest BCUT2D eigenvalue weighted by Gasteiger charge is 2.60. The Morgan fingerprint density at radius 1 is 1.33 bits per heavy atom. The molecule has 2 bridgehead atoms. The summed E-state index contributed by atoms with van der Waals surface area (Å²) in [6, 6.07) is 7.63. The van der Waals surface area contributed by atoms with Crippen molar-refractivity contribution >= 4 is 45.5 Å². The first kappa shape index (κ1) is 30.8. The van der Waals surface area contributed by atoms with Crippen LogP contribution >= 0.6 is 11.6 Å². The van der Waals surface area contributed by atoms with Crippen LogP contribution in [0, 0.1) is 22.7 Å². The summed E-state index contributed by atoms with van der Waals surface area (Å²) in [5.41, 5.74) is 12.3. The number of allylic oxidation sites excluding steroid dienone is 1. The molecule has 1 aromatic carbocycles. The number of nitrogens with one attached hydrogen (secondary N) is 4. The molecule has 234 valence electrons. The zero-order valence-electron chi connectivity index (χ0n) is 26.6. The van der Waals surface area contributed by atoms with Crippen LogP contribution in [0.4, 0.5) is 11.4 Å². The van der Waals surface area contributed by atoms with Crippen molar-refractivity contribution in [2.45, 2.75) is 72.0 Å². The predicted octanol–water partition coefficient (Wildman–Crippen LogP) is 6.65. The molecular formula is C35H41ClN8O. The van der Waals surface area contributed by atoms with Crippen LogP contribution in [0.5, 0.6) is 0 Å². The van der Waals surface area contributed by atoms with E-state index < -0.39 is 6.04 Å². The van der Waals surface area contributed by atoms with E-state index in [0.29, 0.717) is 40.4 Å². The first-order valence-corrected chi connectivity index (χ1v) is 16.0. The number of aryl methyl sites for hydroxylation is 1. The third-order valence-corrected chi connectivity index (χ3v) is 9.43. The maximum absolute atomic E-state index is 13.4. The summed E-state index contributed by atoms with van der Waals surface area (Å²) < 4.78 is 1.70. The Morgan fingerprint density at radius 2 is 2.09 bits per heavy atom. The van der Waals surface area contributed by atoms with Gasteiger partial charge in [0.2, 0.25) is 0 Å². The molecule has 3 saturated carbocycles. The number of hydrazine groups is 2. The fourth-order valence-corrected chi connectivity index (χ4v) is 6.82. The van der Waals surface area contributed by atoms with E-state index in [-0.39, 0.29) is 16.5 Å². The van der Waals surface area contributed by atoms with Gasteiger partial charge in [-0.05, 0) is 73.8 Å². The van der Waals surface area contributed by atoms with Crippen LogP contribution in [0.2, 0.25) is 5.02 Å². The average Bonchev–Trinajstić information content (AvgIpc) is 3.42. The quantitative estimate of drug-likeness (QED) is 0.199. The van der Waals surface area contributed by atoms with E-state index in [1.54, 1.807) is 10.8 Å². The molecule has 2 aromatic heterocycles. The van der Waals surface area contributed by atoms with Crippen molar-refractivity contribution < 1.29 is 0 Å². The smallest absolute Gasteiger partial charge is 0.258 e. The Labute approximate surface area is 269 Å². The number of fused-ring (bicyclic) bond motifs is 1. The number of anilines is 2. The number of pyridine rings is 2. The van der Waals surface area contributed by atoms with Crippen LogP contribution in [0.25, 0.3) is 22.6 Å². The molecule has 3 heterocycles. The maximum Gasteiger partial charge on any atom is 0.258 e. The number of hydrogen-bond donors (Lipinski definition) is 4. The lowest BCUT2D eigenvalue weighted by atomic mass is 9.49. The number of nitrogens with zero attached hydrogens (tertiary/aromatic N) is 4. The molecule has 0 radical (unpaired) electrons. The molecule has 7 rings (SSSR count). The van der Waals surface area contributed by atoms with Crippen molar-refractivity contribution in [1.29, 1.82) is 5.26 Å². The van der Waals surface area contributed by atoms with E-state index in [2.05, 4.69) is 71.2 Å². The zero-order valence-corrected chi connectivity index (χ0v) is 27.3. The summed E-state index contributed by atoms with van der Waals surface area (Å²) in [5, 5.41) is 20.5. The summed E-state index contributed by atoms with van der Waals surface area (Å²) >= 11 is 6.86. The lowest BCUT2D eigenvalue weighted by molar-refractivity contribution is -0.141. The fraction of sp³-hybridized carbons (Fsp3) is 0.400. The summed E-state index contributed by atoms with van der Waals surface area (Å²) in [6.45, 7) is 16.1. The molecule has 0 amide bonds. The van der Waals surface area contributed by atoms with Crippen LogP contribution in [0.15, 0.2) is 59.9 Å². The highest BCUT2D eigenvalue weighted by Crippen LogP contribution is 2.60. The number of aromatic nitrogens is 2. The van der Waals surface area contributed by atoms with E-state index >= 15 is 0 Å². The van der Waals surface area contributed by atoms with Gasteiger partial charge in [0.1, 0.15) is 6.07 Å². The van der Waals surface area contributed by atoms with Gasteiger partial charge in [-0.2, -0.15) is 5.26 Å². The number of rotatable bonds is 10. The van der Waals surface area contributed by atoms with Crippen LogP contribution in [0.3, 0.4) is 0 Å². The van der Waals surface area contributed by atoms with E-state index in [0.717, 1.165) is 33.8 Å². The average molecular weight is 625 g/mol. The molecule has 4 N–H and O–H groups in total. The van der Waals surface area contributed by atoms with Crippen molar-refractivity contribution in [3.8, 4) is 6.07 Å². The minimum atomic E-state index is -0.442. The molecule has 0 saturated heterocycles. The number of halogens is 1. The Balaban J connectivity index is 1.44. The SMILES string of the molecule is C=C(c1ccn(CC)c(=O)c1/C=C\C)[C@H](Nc1cc(Cl)c2ncc(C#N)c(NCC(C)(C)C)c2c1)C1=CN(C23CC(C2)C3)NN1. The van der Waals surface area contributed by atoms with Crippen LogP contribution in [-0.4, -0.2) is 32.7 Å². The first-order valence-electron chi connectivity index (χ1n) is 15.6. The molecule has 45 heavy (non-hydrogen) atoms. The second kappa shape index (κ2) is 11.6. The zero-order chi connectivity index (χ0) is 32.1. The largest absolute Gasteiger partial charge is 0.383 e. The normalized spacial score (nSPS) is 21.0. The van der Waals surface area contributed by atoms with Crippen molar-refractivity contribution in [3.05, 3.63) is 87.2 Å². The van der Waals surface area contributed by atoms with Crippen molar-refractivity contribution in [2.24, 2.45) is 11.3 Å². The lowest BCUT2D eigenvalue weighted by Gasteiger charge is -2.64. The van der Waals surface area contributed by atoms with Crippen LogP contribution < -0.4 is 27.2 Å². The lowest BCUT2D eigenvalue weighted by Crippen LogP contribution is -2.69. The molecule has 4 aliphatic rings. The number of nitriles is 1. The van der Waals surface area contributed by atoms with Gasteiger partial charge in [0.15, 0.2) is 0 Å². The van der Waals surface area contributed by atoms with Crippen LogP contribution in [-0.2, 0) is 6.54 Å². The second-order valence-electron chi connectivity index (χ2n) is 13.7. The molecule has 3 aromatic rings. The Bertz CT molecular complexity index is 1830. The standard InChI is InChI=1S/C35H41ClN8O/c1-7-9-26-25(10-11-43(8-2)33(26)45)21(3)30(29-19-44(42-41-29)35-14-22(15-35)16-35)40-24-12-27-31(39-20-34(4,5)6)23(17-37)18-38-32(27)28(36)13-24/h7,9-13,18-19,22,30,40-42H,3,8,14-16,20H2,1-2,4-6H3,(H,38,39)/b9-7-/t22?,30-,35?/m0/s1. The van der Waals surface area contributed by atoms with Crippen molar-refractivity contribution in [3.63, 3.8) is 0 Å². The Hall–Kier alpha value is -4.26. The Morgan fingerprint density at radius 3 is 2.71 bits per heavy atom.